The first-order chi connectivity index (χ1) is 6.87. The van der Waals surface area contributed by atoms with Gasteiger partial charge in [-0.3, -0.25) is 4.79 Å². The monoisotopic (exact) mass is 230 g/mol. The molecule has 0 fully saturated rings. The summed E-state index contributed by atoms with van der Waals surface area (Å²) in [6.07, 6.45) is 0.712. The van der Waals surface area contributed by atoms with Gasteiger partial charge in [0.1, 0.15) is 5.75 Å². The van der Waals surface area contributed by atoms with Crippen LogP contribution >= 0.6 is 11.8 Å². The zero-order chi connectivity index (χ0) is 11.5. The first-order valence-electron chi connectivity index (χ1n) is 4.54. The van der Waals surface area contributed by atoms with Gasteiger partial charge in [0.05, 0.1) is 0 Å². The van der Waals surface area contributed by atoms with Crippen LogP contribution in [-0.4, -0.2) is 27.0 Å². The summed E-state index contributed by atoms with van der Waals surface area (Å²) in [6, 6.07) is 0. The Hall–Kier alpha value is -1.04. The molecule has 0 radical (unpaired) electrons. The minimum Gasteiger partial charge on any atom is -0.481 e. The van der Waals surface area contributed by atoms with Gasteiger partial charge in [-0.25, -0.2) is 0 Å². The first kappa shape index (κ1) is 12.0. The van der Waals surface area contributed by atoms with Crippen LogP contribution in [0.2, 0.25) is 0 Å². The van der Waals surface area contributed by atoms with Gasteiger partial charge < -0.3 is 9.63 Å². The predicted molar refractivity (Wildman–Crippen MR) is 55.8 cm³/mol. The van der Waals surface area contributed by atoms with Crippen molar-refractivity contribution in [1.29, 1.82) is 0 Å². The summed E-state index contributed by atoms with van der Waals surface area (Å²) in [6.45, 7) is 6.23. The highest BCUT2D eigenvalue weighted by Crippen LogP contribution is 2.21. The lowest BCUT2D eigenvalue weighted by molar-refractivity contribution is -0.133. The number of aromatic nitrogens is 2. The lowest BCUT2D eigenvalue weighted by atomic mass is 9.92. The highest BCUT2D eigenvalue weighted by Gasteiger charge is 2.16. The SMILES string of the molecule is CC(C)(C)Cc1noc(SCC(=O)O)n1. The van der Waals surface area contributed by atoms with Gasteiger partial charge in [0, 0.05) is 6.42 Å². The number of nitrogens with zero attached hydrogens (tertiary/aromatic N) is 2. The van der Waals surface area contributed by atoms with Gasteiger partial charge >= 0.3 is 5.97 Å². The number of hydrogen-bond donors (Lipinski definition) is 1. The molecular formula is C9H14N2O3S. The molecule has 1 rings (SSSR count). The quantitative estimate of drug-likeness (QED) is 0.795. The summed E-state index contributed by atoms with van der Waals surface area (Å²) in [5.41, 5.74) is 0.0958. The molecule has 0 aliphatic carbocycles. The van der Waals surface area contributed by atoms with Crippen LogP contribution in [0.1, 0.15) is 26.6 Å². The molecule has 0 aliphatic rings. The van der Waals surface area contributed by atoms with Gasteiger partial charge in [0.25, 0.3) is 5.22 Å². The Kier molecular flexibility index (Phi) is 3.73. The molecule has 0 aliphatic heterocycles. The normalized spacial score (nSPS) is 11.7. The van der Waals surface area contributed by atoms with Crippen LogP contribution in [0.3, 0.4) is 0 Å². The number of hydrogen-bond acceptors (Lipinski definition) is 5. The standard InChI is InChI=1S/C9H14N2O3S/c1-9(2,3)4-6-10-8(14-11-6)15-5-7(12)13/h4-5H2,1-3H3,(H,12,13). The Labute approximate surface area is 92.2 Å². The molecule has 0 atom stereocenters. The Balaban J connectivity index is 2.53. The number of carboxylic acid groups (broad SMARTS) is 1. The van der Waals surface area contributed by atoms with E-state index in [4.69, 9.17) is 9.63 Å². The largest absolute Gasteiger partial charge is 0.481 e. The van der Waals surface area contributed by atoms with Gasteiger partial charge in [0.2, 0.25) is 0 Å². The maximum absolute atomic E-state index is 10.3. The smallest absolute Gasteiger partial charge is 0.314 e. The van der Waals surface area contributed by atoms with Crippen molar-refractivity contribution in [3.05, 3.63) is 5.82 Å². The Morgan fingerprint density at radius 3 is 2.73 bits per heavy atom. The van der Waals surface area contributed by atoms with E-state index in [0.717, 1.165) is 11.8 Å². The topological polar surface area (TPSA) is 76.2 Å². The zero-order valence-electron chi connectivity index (χ0n) is 8.98. The Bertz CT molecular complexity index is 343. The highest BCUT2D eigenvalue weighted by molar-refractivity contribution is 7.99. The van der Waals surface area contributed by atoms with E-state index >= 15 is 0 Å². The molecule has 1 aromatic heterocycles. The molecule has 5 nitrogen and oxygen atoms in total. The van der Waals surface area contributed by atoms with Crippen molar-refractivity contribution in [2.75, 3.05) is 5.75 Å². The maximum Gasteiger partial charge on any atom is 0.314 e. The van der Waals surface area contributed by atoms with E-state index in [9.17, 15) is 4.79 Å². The number of aliphatic carboxylic acids is 1. The Morgan fingerprint density at radius 1 is 1.53 bits per heavy atom. The second-order valence-corrected chi connectivity index (χ2v) is 5.32. The summed E-state index contributed by atoms with van der Waals surface area (Å²) in [7, 11) is 0. The molecule has 0 saturated heterocycles. The average Bonchev–Trinajstić information content (AvgIpc) is 2.45. The molecule has 0 amide bonds. The molecule has 84 valence electrons. The van der Waals surface area contributed by atoms with E-state index in [1.54, 1.807) is 0 Å². The lowest BCUT2D eigenvalue weighted by Crippen LogP contribution is -2.10. The molecule has 0 unspecified atom stereocenters. The predicted octanol–water partition coefficient (Wildman–Crippen LogP) is 1.83. The van der Waals surface area contributed by atoms with Crippen molar-refractivity contribution in [2.24, 2.45) is 5.41 Å². The van der Waals surface area contributed by atoms with Crippen LogP contribution in [0.15, 0.2) is 9.75 Å². The van der Waals surface area contributed by atoms with Crippen LogP contribution in [-0.2, 0) is 11.2 Å². The molecule has 15 heavy (non-hydrogen) atoms. The lowest BCUT2D eigenvalue weighted by Gasteiger charge is -2.14. The fourth-order valence-electron chi connectivity index (χ4n) is 0.966. The fourth-order valence-corrected chi connectivity index (χ4v) is 1.47. The van der Waals surface area contributed by atoms with Crippen molar-refractivity contribution < 1.29 is 14.4 Å². The summed E-state index contributed by atoms with van der Waals surface area (Å²) in [5.74, 6) is -0.331. The van der Waals surface area contributed by atoms with E-state index in [2.05, 4.69) is 30.9 Å². The zero-order valence-corrected chi connectivity index (χ0v) is 9.80. The van der Waals surface area contributed by atoms with Gasteiger partial charge in [0.15, 0.2) is 5.82 Å². The van der Waals surface area contributed by atoms with Gasteiger partial charge in [-0.2, -0.15) is 4.98 Å². The number of carbonyl (C=O) groups is 1. The van der Waals surface area contributed by atoms with E-state index in [1.165, 1.54) is 0 Å². The first-order valence-corrected chi connectivity index (χ1v) is 5.52. The minimum absolute atomic E-state index is 0.0584. The second-order valence-electron chi connectivity index (χ2n) is 4.40. The molecule has 1 heterocycles. The summed E-state index contributed by atoms with van der Waals surface area (Å²) in [4.78, 5) is 14.4. The summed E-state index contributed by atoms with van der Waals surface area (Å²) < 4.78 is 4.90. The van der Waals surface area contributed by atoms with Crippen LogP contribution in [0, 0.1) is 5.41 Å². The molecule has 1 aromatic rings. The third kappa shape index (κ3) is 4.83. The molecular weight excluding hydrogens is 216 g/mol. The van der Waals surface area contributed by atoms with Crippen LogP contribution in [0.4, 0.5) is 0 Å². The fraction of sp³-hybridized carbons (Fsp3) is 0.667. The number of thioether (sulfide) groups is 1. The molecule has 6 heteroatoms. The molecule has 0 spiro atoms. The van der Waals surface area contributed by atoms with Gasteiger partial charge in [-0.1, -0.05) is 37.7 Å². The van der Waals surface area contributed by atoms with E-state index in [0.29, 0.717) is 17.5 Å². The average molecular weight is 230 g/mol. The van der Waals surface area contributed by atoms with Crippen molar-refractivity contribution in [2.45, 2.75) is 32.4 Å². The van der Waals surface area contributed by atoms with Crippen molar-refractivity contribution in [3.8, 4) is 0 Å². The van der Waals surface area contributed by atoms with E-state index in [1.807, 2.05) is 0 Å². The minimum atomic E-state index is -0.893. The van der Waals surface area contributed by atoms with Crippen LogP contribution in [0.5, 0.6) is 0 Å². The number of carboxylic acids is 1. The highest BCUT2D eigenvalue weighted by atomic mass is 32.2. The molecule has 0 bridgehead atoms. The van der Waals surface area contributed by atoms with Crippen molar-refractivity contribution >= 4 is 17.7 Å². The summed E-state index contributed by atoms with van der Waals surface area (Å²) in [5, 5.41) is 12.6. The van der Waals surface area contributed by atoms with E-state index < -0.39 is 5.97 Å². The van der Waals surface area contributed by atoms with Crippen molar-refractivity contribution in [1.82, 2.24) is 10.1 Å². The van der Waals surface area contributed by atoms with Gasteiger partial charge in [-0.05, 0) is 5.41 Å². The molecule has 0 saturated carbocycles. The van der Waals surface area contributed by atoms with Crippen molar-refractivity contribution in [3.63, 3.8) is 0 Å². The maximum atomic E-state index is 10.3. The molecule has 1 N–H and O–H groups in total. The van der Waals surface area contributed by atoms with E-state index in [-0.39, 0.29) is 11.2 Å². The second kappa shape index (κ2) is 4.65. The van der Waals surface area contributed by atoms with Crippen LogP contribution < -0.4 is 0 Å². The summed E-state index contributed by atoms with van der Waals surface area (Å²) >= 11 is 1.04. The number of rotatable bonds is 4. The third-order valence-corrected chi connectivity index (χ3v) is 2.26. The molecule has 0 aromatic carbocycles. The third-order valence-electron chi connectivity index (χ3n) is 1.46. The van der Waals surface area contributed by atoms with Crippen LogP contribution in [0.25, 0.3) is 0 Å². The Morgan fingerprint density at radius 2 is 2.20 bits per heavy atom. The van der Waals surface area contributed by atoms with Gasteiger partial charge in [-0.15, -0.1) is 0 Å².